The molecule has 1 aromatic heterocycles. The number of aromatic nitrogens is 2. The quantitative estimate of drug-likeness (QED) is 0.581. The van der Waals surface area contributed by atoms with Gasteiger partial charge >= 0.3 is 12.2 Å². The summed E-state index contributed by atoms with van der Waals surface area (Å²) in [5.74, 6) is 0.310. The zero-order chi connectivity index (χ0) is 21.1. The van der Waals surface area contributed by atoms with Gasteiger partial charge in [0, 0.05) is 13.2 Å². The average Bonchev–Trinajstić information content (AvgIpc) is 3.41. The van der Waals surface area contributed by atoms with E-state index in [1.54, 1.807) is 25.2 Å². The van der Waals surface area contributed by atoms with Crippen molar-refractivity contribution in [1.82, 2.24) is 9.97 Å². The lowest BCUT2D eigenvalue weighted by molar-refractivity contribution is -0.137. The maximum Gasteiger partial charge on any atom is 0.421 e. The van der Waals surface area contributed by atoms with Gasteiger partial charge in [0.05, 0.1) is 11.8 Å². The number of benzene rings is 1. The molecule has 0 aliphatic heterocycles. The Balaban J connectivity index is 1.67. The van der Waals surface area contributed by atoms with Crippen LogP contribution in [0.5, 0.6) is 11.8 Å². The summed E-state index contributed by atoms with van der Waals surface area (Å²) in [6.07, 6.45) is 4.22. The summed E-state index contributed by atoms with van der Waals surface area (Å²) < 4.78 is 53.0. The van der Waals surface area contributed by atoms with E-state index in [1.807, 2.05) is 6.07 Å². The molecule has 2 saturated carbocycles. The average molecular weight is 421 g/mol. The highest BCUT2D eigenvalue weighted by atomic mass is 19.4. The number of para-hydroxylation sites is 2. The number of nitrogens with zero attached hydrogens (tertiary/aromatic N) is 3. The summed E-state index contributed by atoms with van der Waals surface area (Å²) in [5, 5.41) is 0. The zero-order valence-corrected chi connectivity index (χ0v) is 17.0. The second kappa shape index (κ2) is 8.70. The number of rotatable bonds is 6. The van der Waals surface area contributed by atoms with Gasteiger partial charge in [0.15, 0.2) is 5.82 Å². The highest BCUT2D eigenvalue weighted by Gasteiger charge is 2.37. The molecule has 2 fully saturated rings. The molecule has 2 aliphatic carbocycles. The van der Waals surface area contributed by atoms with E-state index in [-0.39, 0.29) is 24.0 Å². The Hall–Kier alpha value is -2.51. The minimum Gasteiger partial charge on any atom is -0.488 e. The van der Waals surface area contributed by atoms with Crippen LogP contribution in [-0.2, 0) is 6.18 Å². The molecule has 4 rings (SSSR count). The van der Waals surface area contributed by atoms with Crippen molar-refractivity contribution in [1.29, 1.82) is 0 Å². The van der Waals surface area contributed by atoms with Gasteiger partial charge in [-0.2, -0.15) is 18.2 Å². The van der Waals surface area contributed by atoms with E-state index in [9.17, 15) is 13.2 Å². The van der Waals surface area contributed by atoms with Crippen LogP contribution in [0.1, 0.15) is 56.9 Å². The summed E-state index contributed by atoms with van der Waals surface area (Å²) in [4.78, 5) is 9.42. The number of hydrogen-bond donors (Lipinski definition) is 0. The van der Waals surface area contributed by atoms with E-state index in [0.717, 1.165) is 57.6 Å². The van der Waals surface area contributed by atoms with Crippen molar-refractivity contribution in [3.05, 3.63) is 36.0 Å². The molecule has 0 spiro atoms. The molecule has 0 N–H and O–H groups in total. The number of halogens is 3. The van der Waals surface area contributed by atoms with Crippen LogP contribution in [-0.4, -0.2) is 29.2 Å². The van der Waals surface area contributed by atoms with E-state index in [2.05, 4.69) is 9.97 Å². The molecule has 5 nitrogen and oxygen atoms in total. The highest BCUT2D eigenvalue weighted by molar-refractivity contribution is 5.68. The van der Waals surface area contributed by atoms with Gasteiger partial charge in [-0.1, -0.05) is 12.1 Å². The molecule has 0 bridgehead atoms. The first-order chi connectivity index (χ1) is 14.4. The standard InChI is InChI=1S/C22H26F3N3O2/c1-28(18-12-6-7-13-19(18)29-15-8-2-3-9-15)20-17(22(23,24)25)14-26-21(27-20)30-16-10-4-5-11-16/h6-7,12-16H,2-5,8-11H2,1H3. The highest BCUT2D eigenvalue weighted by Crippen LogP contribution is 2.41. The monoisotopic (exact) mass is 421 g/mol. The fourth-order valence-corrected chi connectivity index (χ4v) is 4.16. The van der Waals surface area contributed by atoms with Crippen molar-refractivity contribution in [2.45, 2.75) is 69.8 Å². The largest absolute Gasteiger partial charge is 0.488 e. The molecular weight excluding hydrogens is 395 g/mol. The fourth-order valence-electron chi connectivity index (χ4n) is 4.16. The van der Waals surface area contributed by atoms with Crippen LogP contribution in [0.4, 0.5) is 24.7 Å². The maximum atomic E-state index is 13.7. The third-order valence-corrected chi connectivity index (χ3v) is 5.77. The van der Waals surface area contributed by atoms with Gasteiger partial charge < -0.3 is 14.4 Å². The van der Waals surface area contributed by atoms with Gasteiger partial charge in [-0.15, -0.1) is 0 Å². The number of alkyl halides is 3. The Morgan fingerprint density at radius 3 is 2.17 bits per heavy atom. The lowest BCUT2D eigenvalue weighted by Gasteiger charge is -2.26. The van der Waals surface area contributed by atoms with Gasteiger partial charge in [-0.3, -0.25) is 0 Å². The molecule has 0 unspecified atom stereocenters. The molecule has 0 radical (unpaired) electrons. The van der Waals surface area contributed by atoms with Crippen LogP contribution in [0, 0.1) is 0 Å². The third-order valence-electron chi connectivity index (χ3n) is 5.77. The van der Waals surface area contributed by atoms with E-state index < -0.39 is 11.7 Å². The molecule has 2 aromatic rings. The zero-order valence-electron chi connectivity index (χ0n) is 17.0. The van der Waals surface area contributed by atoms with E-state index in [0.29, 0.717) is 11.4 Å². The van der Waals surface area contributed by atoms with Crippen LogP contribution in [0.25, 0.3) is 0 Å². The summed E-state index contributed by atoms with van der Waals surface area (Å²) in [6, 6.07) is 7.10. The molecule has 1 heterocycles. The van der Waals surface area contributed by atoms with Crippen LogP contribution >= 0.6 is 0 Å². The van der Waals surface area contributed by atoms with Crippen molar-refractivity contribution in [2.24, 2.45) is 0 Å². The predicted octanol–water partition coefficient (Wildman–Crippen LogP) is 5.91. The molecule has 162 valence electrons. The summed E-state index contributed by atoms with van der Waals surface area (Å²) in [7, 11) is 1.56. The topological polar surface area (TPSA) is 47.5 Å². The first-order valence-electron chi connectivity index (χ1n) is 10.5. The lowest BCUT2D eigenvalue weighted by Crippen LogP contribution is -2.22. The number of anilines is 2. The van der Waals surface area contributed by atoms with Crippen LogP contribution in [0.15, 0.2) is 30.5 Å². The molecule has 30 heavy (non-hydrogen) atoms. The van der Waals surface area contributed by atoms with Gasteiger partial charge in [0.1, 0.15) is 17.4 Å². The van der Waals surface area contributed by atoms with Gasteiger partial charge in [0.2, 0.25) is 0 Å². The Labute approximate surface area is 174 Å². The lowest BCUT2D eigenvalue weighted by atomic mass is 10.2. The summed E-state index contributed by atoms with van der Waals surface area (Å²) in [6.45, 7) is 0. The molecule has 0 amide bonds. The first kappa shape index (κ1) is 20.8. The number of ether oxygens (including phenoxy) is 2. The Morgan fingerprint density at radius 2 is 1.53 bits per heavy atom. The smallest absolute Gasteiger partial charge is 0.421 e. The van der Waals surface area contributed by atoms with E-state index in [4.69, 9.17) is 9.47 Å². The second-order valence-electron chi connectivity index (χ2n) is 7.96. The Bertz CT molecular complexity index is 863. The van der Waals surface area contributed by atoms with Gasteiger partial charge in [-0.25, -0.2) is 4.98 Å². The molecule has 0 saturated heterocycles. The molecule has 2 aliphatic rings. The van der Waals surface area contributed by atoms with E-state index >= 15 is 0 Å². The summed E-state index contributed by atoms with van der Waals surface area (Å²) >= 11 is 0. The van der Waals surface area contributed by atoms with Crippen LogP contribution in [0.3, 0.4) is 0 Å². The van der Waals surface area contributed by atoms with Crippen molar-refractivity contribution >= 4 is 11.5 Å². The van der Waals surface area contributed by atoms with Crippen molar-refractivity contribution in [3.8, 4) is 11.8 Å². The minimum absolute atomic E-state index is 0.0223. The minimum atomic E-state index is -4.59. The fraction of sp³-hybridized carbons (Fsp3) is 0.545. The normalized spacial score (nSPS) is 18.0. The SMILES string of the molecule is CN(c1ccccc1OC1CCCC1)c1nc(OC2CCCC2)ncc1C(F)(F)F. The van der Waals surface area contributed by atoms with E-state index in [1.165, 1.54) is 4.90 Å². The number of hydrogen-bond acceptors (Lipinski definition) is 5. The molecule has 0 atom stereocenters. The van der Waals surface area contributed by atoms with Gasteiger partial charge in [-0.05, 0) is 63.5 Å². The van der Waals surface area contributed by atoms with Crippen molar-refractivity contribution < 1.29 is 22.6 Å². The van der Waals surface area contributed by atoms with Gasteiger partial charge in [0.25, 0.3) is 0 Å². The van der Waals surface area contributed by atoms with Crippen LogP contribution < -0.4 is 14.4 Å². The molecule has 8 heteroatoms. The second-order valence-corrected chi connectivity index (χ2v) is 7.96. The third kappa shape index (κ3) is 4.63. The maximum absolute atomic E-state index is 13.7. The van der Waals surface area contributed by atoms with Crippen molar-refractivity contribution in [3.63, 3.8) is 0 Å². The van der Waals surface area contributed by atoms with Crippen LogP contribution in [0.2, 0.25) is 0 Å². The summed E-state index contributed by atoms with van der Waals surface area (Å²) in [5.41, 5.74) is -0.375. The Kier molecular flexibility index (Phi) is 6.01. The predicted molar refractivity (Wildman–Crippen MR) is 107 cm³/mol. The Morgan fingerprint density at radius 1 is 0.933 bits per heavy atom. The first-order valence-corrected chi connectivity index (χ1v) is 10.5. The molecular formula is C22H26F3N3O2. The van der Waals surface area contributed by atoms with Crippen molar-refractivity contribution in [2.75, 3.05) is 11.9 Å². The molecule has 1 aromatic carbocycles.